The van der Waals surface area contributed by atoms with E-state index in [1.165, 1.54) is 16.7 Å². The van der Waals surface area contributed by atoms with Crippen LogP contribution in [0.4, 0.5) is 11.4 Å². The van der Waals surface area contributed by atoms with Crippen molar-refractivity contribution in [1.82, 2.24) is 0 Å². The Labute approximate surface area is 197 Å². The average molecular weight is 463 g/mol. The number of carbonyl (C=O) groups excluding carboxylic acids is 2. The molecule has 3 aromatic carbocycles. The second kappa shape index (κ2) is 8.85. The monoisotopic (exact) mass is 462 g/mol. The summed E-state index contributed by atoms with van der Waals surface area (Å²) in [5, 5.41) is 3.88. The van der Waals surface area contributed by atoms with Gasteiger partial charge < -0.3 is 5.32 Å². The van der Waals surface area contributed by atoms with Crippen LogP contribution in [0.2, 0.25) is 5.02 Å². The molecular weight excluding hydrogens is 440 g/mol. The summed E-state index contributed by atoms with van der Waals surface area (Å²) in [6, 6.07) is 18.9. The van der Waals surface area contributed by atoms with Crippen LogP contribution in [0.1, 0.15) is 22.3 Å². The zero-order valence-corrected chi connectivity index (χ0v) is 19.9. The second-order valence-corrected chi connectivity index (χ2v) is 9.52. The first-order valence-electron chi connectivity index (χ1n) is 10.2. The highest BCUT2D eigenvalue weighted by Gasteiger charge is 2.40. The highest BCUT2D eigenvalue weighted by molar-refractivity contribution is 8.04. The number of anilines is 2. The first kappa shape index (κ1) is 22.2. The Bertz CT molecular complexity index is 1250. The van der Waals surface area contributed by atoms with E-state index in [2.05, 4.69) is 5.32 Å². The van der Waals surface area contributed by atoms with Gasteiger partial charge in [-0.25, -0.2) is 4.90 Å². The smallest absolute Gasteiger partial charge is 0.283 e. The fourth-order valence-electron chi connectivity index (χ4n) is 3.65. The third-order valence-corrected chi connectivity index (χ3v) is 6.54. The number of thioether (sulfide) groups is 1. The molecule has 1 N–H and O–H groups in total. The van der Waals surface area contributed by atoms with Gasteiger partial charge in [0.05, 0.1) is 5.69 Å². The van der Waals surface area contributed by atoms with E-state index in [1.807, 2.05) is 76.2 Å². The summed E-state index contributed by atoms with van der Waals surface area (Å²) < 4.78 is 0. The van der Waals surface area contributed by atoms with Crippen LogP contribution in [0.5, 0.6) is 0 Å². The van der Waals surface area contributed by atoms with Gasteiger partial charge in [0.15, 0.2) is 0 Å². The molecule has 0 radical (unpaired) electrons. The van der Waals surface area contributed by atoms with Crippen molar-refractivity contribution in [2.45, 2.75) is 32.6 Å². The summed E-state index contributed by atoms with van der Waals surface area (Å²) in [4.78, 5) is 29.5. The van der Waals surface area contributed by atoms with E-state index in [4.69, 9.17) is 11.6 Å². The van der Waals surface area contributed by atoms with Crippen LogP contribution in [0.25, 0.3) is 0 Å². The first-order chi connectivity index (χ1) is 15.2. The lowest BCUT2D eigenvalue weighted by Gasteiger charge is -2.17. The van der Waals surface area contributed by atoms with E-state index in [1.54, 1.807) is 12.1 Å². The number of nitrogens with one attached hydrogen (secondary N) is 1. The van der Waals surface area contributed by atoms with Crippen LogP contribution in [0.15, 0.2) is 76.2 Å². The summed E-state index contributed by atoms with van der Waals surface area (Å²) in [6.07, 6.45) is 0. The second-order valence-electron chi connectivity index (χ2n) is 8.00. The van der Waals surface area contributed by atoms with Gasteiger partial charge in [0.2, 0.25) is 0 Å². The number of nitrogens with zero attached hydrogens (tertiary/aromatic N) is 1. The lowest BCUT2D eigenvalue weighted by molar-refractivity contribution is -0.120. The highest BCUT2D eigenvalue weighted by Crippen LogP contribution is 2.39. The molecule has 1 aliphatic heterocycles. The van der Waals surface area contributed by atoms with E-state index in [0.29, 0.717) is 15.6 Å². The molecule has 0 aromatic heterocycles. The normalized spacial score (nSPS) is 13.8. The Balaban J connectivity index is 1.79. The molecule has 0 spiro atoms. The molecule has 1 aliphatic rings. The van der Waals surface area contributed by atoms with Crippen LogP contribution in [-0.4, -0.2) is 11.8 Å². The van der Waals surface area contributed by atoms with E-state index in [9.17, 15) is 9.59 Å². The van der Waals surface area contributed by atoms with Crippen LogP contribution in [-0.2, 0) is 9.59 Å². The summed E-state index contributed by atoms with van der Waals surface area (Å²) in [5.41, 5.74) is 5.69. The molecule has 3 aromatic rings. The predicted octanol–water partition coefficient (Wildman–Crippen LogP) is 6.56. The summed E-state index contributed by atoms with van der Waals surface area (Å²) in [6.45, 7) is 7.87. The largest absolute Gasteiger partial charge is 0.350 e. The molecule has 32 heavy (non-hydrogen) atoms. The molecule has 0 saturated heterocycles. The molecule has 2 amide bonds. The molecule has 4 nitrogen and oxygen atoms in total. The number of halogens is 1. The molecular formula is C26H23ClN2O2S. The number of imide groups is 1. The van der Waals surface area contributed by atoms with Gasteiger partial charge in [0, 0.05) is 15.6 Å². The first-order valence-corrected chi connectivity index (χ1v) is 11.4. The van der Waals surface area contributed by atoms with Gasteiger partial charge in [-0.05, 0) is 92.4 Å². The number of amides is 2. The lowest BCUT2D eigenvalue weighted by atomic mass is 10.1. The molecule has 6 heteroatoms. The van der Waals surface area contributed by atoms with E-state index in [-0.39, 0.29) is 17.5 Å². The van der Waals surface area contributed by atoms with Gasteiger partial charge in [-0.15, -0.1) is 0 Å². The number of hydrogen-bond donors (Lipinski definition) is 1. The minimum absolute atomic E-state index is 0.280. The van der Waals surface area contributed by atoms with Crippen molar-refractivity contribution in [3.05, 3.63) is 98.5 Å². The number of hydrogen-bond acceptors (Lipinski definition) is 4. The van der Waals surface area contributed by atoms with E-state index < -0.39 is 0 Å². The summed E-state index contributed by atoms with van der Waals surface area (Å²) >= 11 is 7.28. The average Bonchev–Trinajstić information content (AvgIpc) is 2.95. The predicted molar refractivity (Wildman–Crippen MR) is 132 cm³/mol. The Morgan fingerprint density at radius 2 is 1.44 bits per heavy atom. The van der Waals surface area contributed by atoms with Crippen LogP contribution >= 0.6 is 23.4 Å². The molecule has 162 valence electrons. The molecule has 0 fully saturated rings. The van der Waals surface area contributed by atoms with E-state index >= 15 is 0 Å². The molecule has 0 atom stereocenters. The maximum absolute atomic E-state index is 13.5. The molecule has 4 rings (SSSR count). The Morgan fingerprint density at radius 3 is 2.09 bits per heavy atom. The highest BCUT2D eigenvalue weighted by atomic mass is 35.5. The van der Waals surface area contributed by atoms with Crippen LogP contribution in [0.3, 0.4) is 0 Å². The minimum Gasteiger partial charge on any atom is -0.350 e. The number of rotatable bonds is 5. The Kier molecular flexibility index (Phi) is 6.13. The SMILES string of the molecule is Cc1cc(C)cc(N2C(=O)C(Nc3cc(C)ccc3C)=C(Sc3ccc(Cl)cc3)C2=O)c1. The third-order valence-electron chi connectivity index (χ3n) is 5.19. The fourth-order valence-corrected chi connectivity index (χ4v) is 4.71. The van der Waals surface area contributed by atoms with Gasteiger partial charge in [-0.3, -0.25) is 9.59 Å². The van der Waals surface area contributed by atoms with Gasteiger partial charge in [-0.1, -0.05) is 41.6 Å². The van der Waals surface area contributed by atoms with Crippen molar-refractivity contribution in [3.8, 4) is 0 Å². The van der Waals surface area contributed by atoms with E-state index in [0.717, 1.165) is 32.8 Å². The maximum Gasteiger partial charge on any atom is 0.283 e. The summed E-state index contributed by atoms with van der Waals surface area (Å²) in [5.74, 6) is -0.704. The van der Waals surface area contributed by atoms with Crippen molar-refractivity contribution >= 4 is 46.6 Å². The fraction of sp³-hybridized carbons (Fsp3) is 0.154. The standard InChI is InChI=1S/C26H23ClN2O2S/c1-15-5-6-18(4)22(14-15)28-23-24(32-21-9-7-19(27)8-10-21)26(31)29(25(23)30)20-12-16(2)11-17(3)13-20/h5-14,28H,1-4H3. The van der Waals surface area contributed by atoms with Gasteiger partial charge in [-0.2, -0.15) is 0 Å². The number of aryl methyl sites for hydroxylation is 4. The zero-order chi connectivity index (χ0) is 23.0. The zero-order valence-electron chi connectivity index (χ0n) is 18.3. The van der Waals surface area contributed by atoms with Gasteiger partial charge >= 0.3 is 0 Å². The van der Waals surface area contributed by atoms with Crippen molar-refractivity contribution in [3.63, 3.8) is 0 Å². The summed E-state index contributed by atoms with van der Waals surface area (Å²) in [7, 11) is 0. The maximum atomic E-state index is 13.5. The molecule has 0 aliphatic carbocycles. The molecule has 0 saturated carbocycles. The van der Waals surface area contributed by atoms with Crippen molar-refractivity contribution < 1.29 is 9.59 Å². The quantitative estimate of drug-likeness (QED) is 0.436. The minimum atomic E-state index is -0.364. The van der Waals surface area contributed by atoms with Crippen molar-refractivity contribution in [2.24, 2.45) is 0 Å². The van der Waals surface area contributed by atoms with Crippen molar-refractivity contribution in [1.29, 1.82) is 0 Å². The third kappa shape index (κ3) is 4.45. The van der Waals surface area contributed by atoms with Crippen molar-refractivity contribution in [2.75, 3.05) is 10.2 Å². The van der Waals surface area contributed by atoms with Gasteiger partial charge in [0.25, 0.3) is 11.8 Å². The van der Waals surface area contributed by atoms with Gasteiger partial charge in [0.1, 0.15) is 10.6 Å². The molecule has 0 bridgehead atoms. The Hall–Kier alpha value is -3.02. The van der Waals surface area contributed by atoms with Crippen LogP contribution in [0, 0.1) is 27.7 Å². The number of benzene rings is 3. The topological polar surface area (TPSA) is 49.4 Å². The lowest BCUT2D eigenvalue weighted by Crippen LogP contribution is -2.32. The molecule has 0 unspecified atom stereocenters. The molecule has 1 heterocycles. The number of carbonyl (C=O) groups is 2. The van der Waals surface area contributed by atoms with Crippen LogP contribution < -0.4 is 10.2 Å². The Morgan fingerprint density at radius 1 is 0.781 bits per heavy atom.